The van der Waals surface area contributed by atoms with Crippen LogP contribution >= 0.6 is 24.0 Å². The second-order valence-electron chi connectivity index (χ2n) is 7.46. The zero-order valence-electron chi connectivity index (χ0n) is 14.9. The highest BCUT2D eigenvalue weighted by molar-refractivity contribution is 14.0. The van der Waals surface area contributed by atoms with Gasteiger partial charge >= 0.3 is 0 Å². The Bertz CT molecular complexity index is 413. The molecule has 0 aromatic rings. The number of guanidine groups is 1. The molecule has 0 aromatic carbocycles. The van der Waals surface area contributed by atoms with Gasteiger partial charge < -0.3 is 15.0 Å². The molecule has 1 spiro atoms. The van der Waals surface area contributed by atoms with E-state index in [1.165, 1.54) is 38.8 Å². The van der Waals surface area contributed by atoms with Crippen molar-refractivity contribution in [1.82, 2.24) is 15.1 Å². The molecule has 23 heavy (non-hydrogen) atoms. The lowest BCUT2D eigenvalue weighted by atomic mass is 9.68. The Kier molecular flexibility index (Phi) is 6.98. The predicted octanol–water partition coefficient (Wildman–Crippen LogP) is 2.17. The van der Waals surface area contributed by atoms with E-state index in [1.807, 2.05) is 7.05 Å². The Morgan fingerprint density at radius 2 is 2.13 bits per heavy atom. The zero-order valence-corrected chi connectivity index (χ0v) is 17.2. The molecule has 2 heterocycles. The minimum Gasteiger partial charge on any atom is -0.379 e. The van der Waals surface area contributed by atoms with E-state index in [-0.39, 0.29) is 24.0 Å². The van der Waals surface area contributed by atoms with Gasteiger partial charge in [0.2, 0.25) is 0 Å². The van der Waals surface area contributed by atoms with Crippen molar-refractivity contribution in [2.24, 2.45) is 10.4 Å². The van der Waals surface area contributed by atoms with Gasteiger partial charge in [0.05, 0.1) is 13.2 Å². The third-order valence-corrected chi connectivity index (χ3v) is 5.90. The standard InChI is InChI=1S/C17H32N4O.HI/c1-14(21-9-10-22-12-15(21)2)11-19-16(18-3)20-8-7-17(13-20)5-4-6-17;/h14-15H,4-13H2,1-3H3,(H,18,19);1H. The van der Waals surface area contributed by atoms with E-state index in [2.05, 4.69) is 34.0 Å². The largest absolute Gasteiger partial charge is 0.379 e. The maximum atomic E-state index is 5.54. The monoisotopic (exact) mass is 436 g/mol. The summed E-state index contributed by atoms with van der Waals surface area (Å²) < 4.78 is 5.54. The van der Waals surface area contributed by atoms with E-state index < -0.39 is 0 Å². The summed E-state index contributed by atoms with van der Waals surface area (Å²) in [4.78, 5) is 9.53. The molecule has 0 bridgehead atoms. The molecule has 134 valence electrons. The van der Waals surface area contributed by atoms with Crippen molar-refractivity contribution in [3.05, 3.63) is 0 Å². The summed E-state index contributed by atoms with van der Waals surface area (Å²) in [6.45, 7) is 10.6. The maximum Gasteiger partial charge on any atom is 0.193 e. The molecule has 0 amide bonds. The van der Waals surface area contributed by atoms with Gasteiger partial charge in [-0.2, -0.15) is 0 Å². The van der Waals surface area contributed by atoms with Crippen molar-refractivity contribution in [2.45, 2.75) is 51.6 Å². The van der Waals surface area contributed by atoms with Crippen LogP contribution in [-0.4, -0.2) is 74.3 Å². The number of aliphatic imine (C=N–C) groups is 1. The third kappa shape index (κ3) is 4.31. The number of nitrogens with one attached hydrogen (secondary N) is 1. The molecular formula is C17H33IN4O. The summed E-state index contributed by atoms with van der Waals surface area (Å²) in [7, 11) is 1.91. The van der Waals surface area contributed by atoms with Crippen LogP contribution in [0.4, 0.5) is 0 Å². The lowest BCUT2D eigenvalue weighted by Crippen LogP contribution is -2.53. The predicted molar refractivity (Wildman–Crippen MR) is 106 cm³/mol. The fourth-order valence-corrected chi connectivity index (χ4v) is 4.28. The van der Waals surface area contributed by atoms with Gasteiger partial charge in [-0.3, -0.25) is 9.89 Å². The van der Waals surface area contributed by atoms with Crippen LogP contribution in [0.5, 0.6) is 0 Å². The molecule has 3 aliphatic rings. The Labute approximate surface area is 158 Å². The third-order valence-electron chi connectivity index (χ3n) is 5.90. The lowest BCUT2D eigenvalue weighted by Gasteiger charge is -2.39. The van der Waals surface area contributed by atoms with Gasteiger partial charge in [0, 0.05) is 45.3 Å². The molecule has 1 aliphatic carbocycles. The summed E-state index contributed by atoms with van der Waals surface area (Å²) in [5.41, 5.74) is 0.627. The van der Waals surface area contributed by atoms with Gasteiger partial charge in [-0.15, -0.1) is 24.0 Å². The minimum absolute atomic E-state index is 0. The molecule has 6 heteroatoms. The number of rotatable bonds is 3. The fraction of sp³-hybridized carbons (Fsp3) is 0.941. The summed E-state index contributed by atoms with van der Waals surface area (Å²) in [6.07, 6.45) is 5.61. The van der Waals surface area contributed by atoms with Crippen LogP contribution in [0.2, 0.25) is 0 Å². The molecule has 1 saturated carbocycles. The summed E-state index contributed by atoms with van der Waals surface area (Å²) in [5, 5.41) is 3.61. The molecule has 2 atom stereocenters. The van der Waals surface area contributed by atoms with Crippen LogP contribution in [-0.2, 0) is 4.74 Å². The molecule has 0 aromatic heterocycles. The van der Waals surface area contributed by atoms with Gasteiger partial charge in [0.15, 0.2) is 5.96 Å². The molecule has 3 fully saturated rings. The fourth-order valence-electron chi connectivity index (χ4n) is 4.28. The Morgan fingerprint density at radius 1 is 1.35 bits per heavy atom. The first kappa shape index (κ1) is 19.2. The van der Waals surface area contributed by atoms with Crippen LogP contribution in [0, 0.1) is 5.41 Å². The first-order chi connectivity index (χ1) is 10.6. The average molecular weight is 436 g/mol. The van der Waals surface area contributed by atoms with E-state index in [1.54, 1.807) is 0 Å². The quantitative estimate of drug-likeness (QED) is 0.418. The molecular weight excluding hydrogens is 403 g/mol. The number of halogens is 1. The number of hydrogen-bond donors (Lipinski definition) is 1. The SMILES string of the molecule is CN=C(NCC(C)N1CCOCC1C)N1CCC2(CCC2)C1.I. The zero-order chi connectivity index (χ0) is 15.6. The minimum atomic E-state index is 0. The van der Waals surface area contributed by atoms with Gasteiger partial charge in [0.25, 0.3) is 0 Å². The highest BCUT2D eigenvalue weighted by atomic mass is 127. The molecule has 2 saturated heterocycles. The van der Waals surface area contributed by atoms with Gasteiger partial charge in [-0.1, -0.05) is 6.42 Å². The first-order valence-corrected chi connectivity index (χ1v) is 8.93. The molecule has 2 aliphatic heterocycles. The van der Waals surface area contributed by atoms with Crippen LogP contribution in [0.25, 0.3) is 0 Å². The summed E-state index contributed by atoms with van der Waals surface area (Å²) in [5.74, 6) is 1.09. The van der Waals surface area contributed by atoms with E-state index in [0.29, 0.717) is 17.5 Å². The Balaban J connectivity index is 0.00000192. The van der Waals surface area contributed by atoms with Crippen molar-refractivity contribution in [1.29, 1.82) is 0 Å². The number of nitrogens with zero attached hydrogens (tertiary/aromatic N) is 3. The van der Waals surface area contributed by atoms with Crippen molar-refractivity contribution >= 4 is 29.9 Å². The highest BCUT2D eigenvalue weighted by Gasteiger charge is 2.43. The molecule has 5 nitrogen and oxygen atoms in total. The van der Waals surface area contributed by atoms with Crippen molar-refractivity contribution in [3.8, 4) is 0 Å². The molecule has 3 rings (SSSR count). The highest BCUT2D eigenvalue weighted by Crippen LogP contribution is 2.47. The second-order valence-corrected chi connectivity index (χ2v) is 7.46. The smallest absolute Gasteiger partial charge is 0.193 e. The first-order valence-electron chi connectivity index (χ1n) is 8.93. The maximum absolute atomic E-state index is 5.54. The number of ether oxygens (including phenoxy) is 1. The van der Waals surface area contributed by atoms with Crippen LogP contribution in [0.1, 0.15) is 39.5 Å². The molecule has 2 unspecified atom stereocenters. The second kappa shape index (κ2) is 8.34. The van der Waals surface area contributed by atoms with Gasteiger partial charge in [0.1, 0.15) is 0 Å². The van der Waals surface area contributed by atoms with Crippen LogP contribution in [0.3, 0.4) is 0 Å². The van der Waals surface area contributed by atoms with Crippen molar-refractivity contribution in [2.75, 3.05) is 46.4 Å². The molecule has 1 N–H and O–H groups in total. The number of likely N-dealkylation sites (tertiary alicyclic amines) is 1. The van der Waals surface area contributed by atoms with Gasteiger partial charge in [-0.25, -0.2) is 0 Å². The Hall–Kier alpha value is -0.0800. The number of morpholine rings is 1. The van der Waals surface area contributed by atoms with Crippen LogP contribution in [0.15, 0.2) is 4.99 Å². The van der Waals surface area contributed by atoms with Gasteiger partial charge in [-0.05, 0) is 38.5 Å². The number of hydrogen-bond acceptors (Lipinski definition) is 3. The summed E-state index contributed by atoms with van der Waals surface area (Å²) >= 11 is 0. The van der Waals surface area contributed by atoms with Crippen molar-refractivity contribution < 1.29 is 4.74 Å². The van der Waals surface area contributed by atoms with E-state index in [0.717, 1.165) is 32.3 Å². The van der Waals surface area contributed by atoms with E-state index in [4.69, 9.17) is 4.74 Å². The lowest BCUT2D eigenvalue weighted by molar-refractivity contribution is -0.0175. The van der Waals surface area contributed by atoms with Crippen molar-refractivity contribution in [3.63, 3.8) is 0 Å². The topological polar surface area (TPSA) is 40.1 Å². The van der Waals surface area contributed by atoms with E-state index >= 15 is 0 Å². The average Bonchev–Trinajstić information content (AvgIpc) is 2.94. The van der Waals surface area contributed by atoms with Crippen LogP contribution < -0.4 is 5.32 Å². The Morgan fingerprint density at radius 3 is 2.70 bits per heavy atom. The molecule has 0 radical (unpaired) electrons. The van der Waals surface area contributed by atoms with E-state index in [9.17, 15) is 0 Å². The summed E-state index contributed by atoms with van der Waals surface area (Å²) in [6, 6.07) is 1.02. The normalized spacial score (nSPS) is 29.1.